The molecular formula is C18H33N3O2. The van der Waals surface area contributed by atoms with Crippen LogP contribution in [0, 0.1) is 11.8 Å². The van der Waals surface area contributed by atoms with E-state index in [9.17, 15) is 9.59 Å². The summed E-state index contributed by atoms with van der Waals surface area (Å²) in [5, 5.41) is 3.03. The van der Waals surface area contributed by atoms with Crippen molar-refractivity contribution in [2.24, 2.45) is 11.8 Å². The van der Waals surface area contributed by atoms with E-state index in [-0.39, 0.29) is 11.9 Å². The molecule has 1 heterocycles. The van der Waals surface area contributed by atoms with Crippen molar-refractivity contribution in [2.45, 2.75) is 71.8 Å². The van der Waals surface area contributed by atoms with Gasteiger partial charge in [-0.05, 0) is 24.7 Å². The number of carbonyl (C=O) groups is 2. The first-order valence-corrected chi connectivity index (χ1v) is 9.20. The van der Waals surface area contributed by atoms with Gasteiger partial charge >= 0.3 is 6.03 Å². The van der Waals surface area contributed by atoms with Crippen molar-refractivity contribution in [3.63, 3.8) is 0 Å². The smallest absolute Gasteiger partial charge is 0.323 e. The van der Waals surface area contributed by atoms with Crippen molar-refractivity contribution >= 4 is 11.9 Å². The second-order valence-electron chi connectivity index (χ2n) is 8.12. The second kappa shape index (κ2) is 7.65. The van der Waals surface area contributed by atoms with Gasteiger partial charge in [-0.25, -0.2) is 9.69 Å². The average molecular weight is 323 g/mol. The Hall–Kier alpha value is -1.10. The molecule has 2 fully saturated rings. The molecule has 3 amide bonds. The summed E-state index contributed by atoms with van der Waals surface area (Å²) in [5.74, 6) is 1.03. The molecule has 0 unspecified atom stereocenters. The largest absolute Gasteiger partial charge is 0.326 e. The third-order valence-electron chi connectivity index (χ3n) is 4.79. The predicted molar refractivity (Wildman–Crippen MR) is 91.9 cm³/mol. The molecule has 2 aliphatic rings. The lowest BCUT2D eigenvalue weighted by molar-refractivity contribution is -0.133. The van der Waals surface area contributed by atoms with Gasteiger partial charge in [-0.15, -0.1) is 0 Å². The minimum atomic E-state index is -0.616. The van der Waals surface area contributed by atoms with Gasteiger partial charge in [0.2, 0.25) is 0 Å². The summed E-state index contributed by atoms with van der Waals surface area (Å²) >= 11 is 0. The minimum Gasteiger partial charge on any atom is -0.323 e. The number of amides is 3. The molecular weight excluding hydrogens is 290 g/mol. The van der Waals surface area contributed by atoms with Crippen molar-refractivity contribution in [1.29, 1.82) is 0 Å². The predicted octanol–water partition coefficient (Wildman–Crippen LogP) is 3.20. The lowest BCUT2D eigenvalue weighted by Gasteiger charge is -2.30. The molecule has 1 saturated carbocycles. The van der Waals surface area contributed by atoms with E-state index in [1.54, 1.807) is 0 Å². The Morgan fingerprint density at radius 3 is 2.00 bits per heavy atom. The number of imide groups is 1. The molecule has 0 atom stereocenters. The number of nitrogens with one attached hydrogen (secondary N) is 1. The molecule has 0 aromatic heterocycles. The van der Waals surface area contributed by atoms with Gasteiger partial charge in [-0.2, -0.15) is 0 Å². The number of hydrogen-bond donors (Lipinski definition) is 1. The average Bonchev–Trinajstić information content (AvgIpc) is 2.62. The van der Waals surface area contributed by atoms with Crippen LogP contribution in [0.15, 0.2) is 0 Å². The molecule has 132 valence electrons. The van der Waals surface area contributed by atoms with Crippen LogP contribution >= 0.6 is 0 Å². The molecule has 5 heteroatoms. The van der Waals surface area contributed by atoms with Crippen molar-refractivity contribution in [3.05, 3.63) is 0 Å². The number of carbonyl (C=O) groups excluding carboxylic acids is 2. The highest BCUT2D eigenvalue weighted by molar-refractivity contribution is 6.07. The highest BCUT2D eigenvalue weighted by atomic mass is 16.2. The van der Waals surface area contributed by atoms with Gasteiger partial charge in [-0.1, -0.05) is 53.4 Å². The van der Waals surface area contributed by atoms with Crippen LogP contribution in [0.4, 0.5) is 4.79 Å². The fourth-order valence-electron chi connectivity index (χ4n) is 3.90. The number of hydrogen-bond acceptors (Lipinski definition) is 3. The Morgan fingerprint density at radius 1 is 1.00 bits per heavy atom. The Bertz CT molecular complexity index is 416. The number of rotatable bonds is 6. The molecule has 0 aromatic rings. The van der Waals surface area contributed by atoms with Crippen LogP contribution in [0.5, 0.6) is 0 Å². The molecule has 1 saturated heterocycles. The zero-order valence-electron chi connectivity index (χ0n) is 15.2. The highest BCUT2D eigenvalue weighted by Gasteiger charge is 2.50. The van der Waals surface area contributed by atoms with Crippen LogP contribution in [0.3, 0.4) is 0 Å². The van der Waals surface area contributed by atoms with E-state index < -0.39 is 5.54 Å². The van der Waals surface area contributed by atoms with Gasteiger partial charge in [0.15, 0.2) is 0 Å². The first-order valence-electron chi connectivity index (χ1n) is 9.20. The lowest BCUT2D eigenvalue weighted by atomic mass is 9.90. The van der Waals surface area contributed by atoms with E-state index in [2.05, 4.69) is 37.9 Å². The summed E-state index contributed by atoms with van der Waals surface area (Å²) in [6, 6.07) is -0.200. The molecule has 1 aliphatic carbocycles. The number of urea groups is 1. The molecule has 0 aromatic carbocycles. The van der Waals surface area contributed by atoms with Crippen molar-refractivity contribution in [2.75, 3.05) is 19.8 Å². The molecule has 0 radical (unpaired) electrons. The molecule has 1 N–H and O–H groups in total. The summed E-state index contributed by atoms with van der Waals surface area (Å²) < 4.78 is 0. The summed E-state index contributed by atoms with van der Waals surface area (Å²) in [7, 11) is 0. The van der Waals surface area contributed by atoms with Crippen molar-refractivity contribution < 1.29 is 9.59 Å². The van der Waals surface area contributed by atoms with E-state index in [1.807, 2.05) is 0 Å². The first-order chi connectivity index (χ1) is 10.8. The fraction of sp³-hybridized carbons (Fsp3) is 0.889. The Morgan fingerprint density at radius 2 is 1.52 bits per heavy atom. The van der Waals surface area contributed by atoms with E-state index in [4.69, 9.17) is 0 Å². The van der Waals surface area contributed by atoms with Crippen LogP contribution in [0.25, 0.3) is 0 Å². The standard InChI is InChI=1S/C18H33N3O2/c1-14(2)11-20(12-15(3)4)13-21-16(22)18(19-17(21)23)9-7-5-6-8-10-18/h14-15H,5-13H2,1-4H3,(H,19,23). The van der Waals surface area contributed by atoms with Gasteiger partial charge < -0.3 is 5.32 Å². The Balaban J connectivity index is 2.08. The zero-order valence-corrected chi connectivity index (χ0v) is 15.2. The van der Waals surface area contributed by atoms with Gasteiger partial charge in [0.25, 0.3) is 5.91 Å². The molecule has 2 rings (SSSR count). The SMILES string of the molecule is CC(C)CN(CC(C)C)CN1C(=O)NC2(CCCCCC2)C1=O. The van der Waals surface area contributed by atoms with Crippen LogP contribution in [0.1, 0.15) is 66.2 Å². The van der Waals surface area contributed by atoms with E-state index >= 15 is 0 Å². The summed E-state index contributed by atoms with van der Waals surface area (Å²) in [6.45, 7) is 10.9. The molecule has 23 heavy (non-hydrogen) atoms. The molecule has 5 nitrogen and oxygen atoms in total. The first kappa shape index (κ1) is 18.2. The minimum absolute atomic E-state index is 0.00177. The maximum Gasteiger partial charge on any atom is 0.326 e. The maximum absolute atomic E-state index is 13.0. The Labute approximate surface area is 140 Å². The monoisotopic (exact) mass is 323 g/mol. The van der Waals surface area contributed by atoms with Crippen molar-refractivity contribution in [3.8, 4) is 0 Å². The lowest BCUT2D eigenvalue weighted by Crippen LogP contribution is -2.48. The second-order valence-corrected chi connectivity index (χ2v) is 8.12. The summed E-state index contributed by atoms with van der Waals surface area (Å²) in [4.78, 5) is 29.1. The summed E-state index contributed by atoms with van der Waals surface area (Å²) in [6.07, 6.45) is 5.98. The normalized spacial score (nSPS) is 21.6. The summed E-state index contributed by atoms with van der Waals surface area (Å²) in [5.41, 5.74) is -0.616. The number of nitrogens with zero attached hydrogens (tertiary/aromatic N) is 2. The topological polar surface area (TPSA) is 52.6 Å². The zero-order chi connectivity index (χ0) is 17.0. The van der Waals surface area contributed by atoms with Crippen LogP contribution < -0.4 is 5.32 Å². The van der Waals surface area contributed by atoms with Gasteiger partial charge in [0.1, 0.15) is 5.54 Å². The third-order valence-corrected chi connectivity index (χ3v) is 4.79. The van der Waals surface area contributed by atoms with Gasteiger partial charge in [0.05, 0.1) is 6.67 Å². The van der Waals surface area contributed by atoms with Crippen LogP contribution in [0.2, 0.25) is 0 Å². The van der Waals surface area contributed by atoms with Crippen molar-refractivity contribution in [1.82, 2.24) is 15.1 Å². The highest BCUT2D eigenvalue weighted by Crippen LogP contribution is 2.32. The van der Waals surface area contributed by atoms with E-state index in [0.717, 1.165) is 51.6 Å². The van der Waals surface area contributed by atoms with Crippen LogP contribution in [-0.4, -0.2) is 47.0 Å². The van der Waals surface area contributed by atoms with Gasteiger partial charge in [0, 0.05) is 13.1 Å². The molecule has 0 bridgehead atoms. The molecule has 1 aliphatic heterocycles. The van der Waals surface area contributed by atoms with Gasteiger partial charge in [-0.3, -0.25) is 9.69 Å². The van der Waals surface area contributed by atoms with E-state index in [1.165, 1.54) is 4.90 Å². The fourth-order valence-corrected chi connectivity index (χ4v) is 3.90. The van der Waals surface area contributed by atoms with Crippen LogP contribution in [-0.2, 0) is 4.79 Å². The van der Waals surface area contributed by atoms with E-state index in [0.29, 0.717) is 18.5 Å². The molecule has 1 spiro atoms. The third kappa shape index (κ3) is 4.46. The maximum atomic E-state index is 13.0. The quantitative estimate of drug-likeness (QED) is 0.764. The Kier molecular flexibility index (Phi) is 6.06.